The Morgan fingerprint density at radius 1 is 1.25 bits per heavy atom. The van der Waals surface area contributed by atoms with Crippen LogP contribution in [0.4, 0.5) is 0 Å². The van der Waals surface area contributed by atoms with Crippen molar-refractivity contribution in [2.45, 2.75) is 73.6 Å². The molecule has 0 radical (unpaired) electrons. The van der Waals surface area contributed by atoms with E-state index in [2.05, 4.69) is 41.5 Å². The molecule has 1 saturated carbocycles. The van der Waals surface area contributed by atoms with Crippen molar-refractivity contribution in [2.75, 3.05) is 0 Å². The summed E-state index contributed by atoms with van der Waals surface area (Å²) >= 11 is 0. The highest BCUT2D eigenvalue weighted by Crippen LogP contribution is 2.57. The molecular weight excluding hydrogens is 192 g/mol. The van der Waals surface area contributed by atoms with Gasteiger partial charge in [0.25, 0.3) is 0 Å². The summed E-state index contributed by atoms with van der Waals surface area (Å²) < 4.78 is 0. The summed E-state index contributed by atoms with van der Waals surface area (Å²) in [6.45, 7) is 14.7. The third kappa shape index (κ3) is 2.31. The predicted octanol–water partition coefficient (Wildman–Crippen LogP) is 5.52. The van der Waals surface area contributed by atoms with Gasteiger partial charge in [0, 0.05) is 0 Å². The number of hydrogen-bond acceptors (Lipinski definition) is 0. The van der Waals surface area contributed by atoms with Crippen LogP contribution >= 0.6 is 0 Å². The molecule has 0 heterocycles. The van der Waals surface area contributed by atoms with Crippen LogP contribution in [0, 0.1) is 29.1 Å². The zero-order valence-corrected chi connectivity index (χ0v) is 12.3. The highest BCUT2D eigenvalue weighted by Gasteiger charge is 2.49. The Hall–Kier alpha value is 0. The Kier molecular flexibility index (Phi) is 4.88. The molecule has 5 atom stereocenters. The fraction of sp³-hybridized carbons (Fsp3) is 1.00. The summed E-state index contributed by atoms with van der Waals surface area (Å²) in [6.07, 6.45) is 7.01. The molecule has 1 fully saturated rings. The smallest absolute Gasteiger partial charge is 0.0267 e. The normalized spacial score (nSPS) is 41.2. The lowest BCUT2D eigenvalue weighted by molar-refractivity contribution is 0.104. The second kappa shape index (κ2) is 5.56. The summed E-state index contributed by atoms with van der Waals surface area (Å²) in [4.78, 5) is 0. The van der Waals surface area contributed by atoms with E-state index in [-0.39, 0.29) is 0 Å². The molecule has 0 nitrogen and oxygen atoms in total. The Bertz CT molecular complexity index is 208. The Labute approximate surface area is 103 Å². The maximum atomic E-state index is 2.57. The van der Waals surface area contributed by atoms with Gasteiger partial charge in [-0.2, -0.15) is 0 Å². The van der Waals surface area contributed by atoms with Crippen molar-refractivity contribution in [2.24, 2.45) is 29.1 Å². The molecule has 0 bridgehead atoms. The molecule has 1 rings (SSSR count). The molecule has 5 unspecified atom stereocenters. The van der Waals surface area contributed by atoms with Crippen molar-refractivity contribution in [1.82, 2.24) is 0 Å². The van der Waals surface area contributed by atoms with Crippen molar-refractivity contribution >= 4 is 0 Å². The maximum absolute atomic E-state index is 2.57. The molecular formula is C16H32. The first kappa shape index (κ1) is 14.1. The van der Waals surface area contributed by atoms with Gasteiger partial charge in [-0.1, -0.05) is 67.2 Å². The van der Waals surface area contributed by atoms with Crippen LogP contribution in [0.3, 0.4) is 0 Å². The van der Waals surface area contributed by atoms with E-state index in [9.17, 15) is 0 Å². The molecule has 0 aromatic heterocycles. The Morgan fingerprint density at radius 3 is 2.31 bits per heavy atom. The topological polar surface area (TPSA) is 0 Å². The summed E-state index contributed by atoms with van der Waals surface area (Å²) in [5, 5.41) is 0. The summed E-state index contributed by atoms with van der Waals surface area (Å²) in [5.41, 5.74) is 0.614. The number of hydrogen-bond donors (Lipinski definition) is 0. The molecule has 0 spiro atoms. The third-order valence-electron chi connectivity index (χ3n) is 5.66. The molecule has 0 aromatic rings. The van der Waals surface area contributed by atoms with E-state index in [0.717, 1.165) is 23.7 Å². The molecule has 0 amide bonds. The molecule has 0 heteroatoms. The highest BCUT2D eigenvalue weighted by molar-refractivity contribution is 4.98. The Morgan fingerprint density at radius 2 is 1.88 bits per heavy atom. The van der Waals surface area contributed by atoms with Gasteiger partial charge < -0.3 is 0 Å². The lowest BCUT2D eigenvalue weighted by Gasteiger charge is -2.39. The standard InChI is InChI=1S/C16H32/c1-7-10-14-12(4)11-16(6,13(5)8-2)15(14)9-3/h12-15H,7-11H2,1-6H3. The van der Waals surface area contributed by atoms with Gasteiger partial charge in [0.05, 0.1) is 0 Å². The first-order chi connectivity index (χ1) is 7.51. The van der Waals surface area contributed by atoms with Gasteiger partial charge >= 0.3 is 0 Å². The fourth-order valence-electron chi connectivity index (χ4n) is 4.50. The molecule has 96 valence electrons. The van der Waals surface area contributed by atoms with E-state index < -0.39 is 0 Å². The highest BCUT2D eigenvalue weighted by atomic mass is 14.5. The molecule has 0 aliphatic heterocycles. The van der Waals surface area contributed by atoms with Crippen LogP contribution in [0.1, 0.15) is 73.6 Å². The van der Waals surface area contributed by atoms with Crippen LogP contribution in [-0.2, 0) is 0 Å². The third-order valence-corrected chi connectivity index (χ3v) is 5.66. The molecule has 0 aromatic carbocycles. The van der Waals surface area contributed by atoms with E-state index in [4.69, 9.17) is 0 Å². The van der Waals surface area contributed by atoms with Crippen molar-refractivity contribution in [1.29, 1.82) is 0 Å². The Balaban J connectivity index is 2.88. The van der Waals surface area contributed by atoms with Gasteiger partial charge in [0.1, 0.15) is 0 Å². The average molecular weight is 224 g/mol. The number of rotatable bonds is 5. The molecule has 1 aliphatic carbocycles. The van der Waals surface area contributed by atoms with Crippen molar-refractivity contribution in [3.8, 4) is 0 Å². The zero-order valence-electron chi connectivity index (χ0n) is 12.3. The van der Waals surface area contributed by atoms with Gasteiger partial charge in [-0.05, 0) is 35.5 Å². The van der Waals surface area contributed by atoms with Crippen molar-refractivity contribution in [3.05, 3.63) is 0 Å². The van der Waals surface area contributed by atoms with Gasteiger partial charge in [-0.3, -0.25) is 0 Å². The predicted molar refractivity (Wildman–Crippen MR) is 73.5 cm³/mol. The lowest BCUT2D eigenvalue weighted by atomic mass is 9.66. The van der Waals surface area contributed by atoms with E-state index in [1.807, 2.05) is 0 Å². The lowest BCUT2D eigenvalue weighted by Crippen LogP contribution is -2.31. The van der Waals surface area contributed by atoms with Crippen LogP contribution in [0.25, 0.3) is 0 Å². The monoisotopic (exact) mass is 224 g/mol. The molecule has 1 aliphatic rings. The van der Waals surface area contributed by atoms with Crippen LogP contribution in [-0.4, -0.2) is 0 Å². The molecule has 0 N–H and O–H groups in total. The first-order valence-electron chi connectivity index (χ1n) is 7.51. The maximum Gasteiger partial charge on any atom is -0.0267 e. The largest absolute Gasteiger partial charge is 0.0654 e. The van der Waals surface area contributed by atoms with Crippen LogP contribution < -0.4 is 0 Å². The van der Waals surface area contributed by atoms with E-state index in [1.165, 1.54) is 32.1 Å². The van der Waals surface area contributed by atoms with Crippen molar-refractivity contribution < 1.29 is 0 Å². The van der Waals surface area contributed by atoms with E-state index >= 15 is 0 Å². The van der Waals surface area contributed by atoms with Gasteiger partial charge in [-0.25, -0.2) is 0 Å². The molecule has 16 heavy (non-hydrogen) atoms. The van der Waals surface area contributed by atoms with E-state index in [1.54, 1.807) is 0 Å². The van der Waals surface area contributed by atoms with Crippen LogP contribution in [0.2, 0.25) is 0 Å². The fourth-order valence-corrected chi connectivity index (χ4v) is 4.50. The van der Waals surface area contributed by atoms with Crippen LogP contribution in [0.5, 0.6) is 0 Å². The second-order valence-electron chi connectivity index (χ2n) is 6.46. The second-order valence-corrected chi connectivity index (χ2v) is 6.46. The quantitative estimate of drug-likeness (QED) is 0.576. The SMILES string of the molecule is CCCC1C(C)CC(C)(C(C)CC)C1CC. The van der Waals surface area contributed by atoms with Gasteiger partial charge in [-0.15, -0.1) is 0 Å². The summed E-state index contributed by atoms with van der Waals surface area (Å²) in [7, 11) is 0. The summed E-state index contributed by atoms with van der Waals surface area (Å²) in [5.74, 6) is 3.80. The van der Waals surface area contributed by atoms with E-state index in [0.29, 0.717) is 5.41 Å². The van der Waals surface area contributed by atoms with Gasteiger partial charge in [0.15, 0.2) is 0 Å². The van der Waals surface area contributed by atoms with Gasteiger partial charge in [0.2, 0.25) is 0 Å². The minimum atomic E-state index is 0.614. The zero-order chi connectivity index (χ0) is 12.3. The van der Waals surface area contributed by atoms with Crippen LogP contribution in [0.15, 0.2) is 0 Å². The average Bonchev–Trinajstić information content (AvgIpc) is 2.51. The minimum absolute atomic E-state index is 0.614. The molecule has 0 saturated heterocycles. The van der Waals surface area contributed by atoms with Crippen molar-refractivity contribution in [3.63, 3.8) is 0 Å². The minimum Gasteiger partial charge on any atom is -0.0654 e. The summed E-state index contributed by atoms with van der Waals surface area (Å²) in [6, 6.07) is 0. The first-order valence-corrected chi connectivity index (χ1v) is 7.51.